The third-order valence-electron chi connectivity index (χ3n) is 5.88. The Morgan fingerprint density at radius 1 is 0.952 bits per heavy atom. The lowest BCUT2D eigenvalue weighted by Crippen LogP contribution is -2.60. The molecule has 0 amide bonds. The number of carbonyl (C=O) groups excluding carboxylic acids is 1. The molecule has 1 fully saturated rings. The second-order valence-corrected chi connectivity index (χ2v) is 8.65. The molecular formula is C25H25F3O14. The Morgan fingerprint density at radius 2 is 1.52 bits per heavy atom. The lowest BCUT2D eigenvalue weighted by Gasteiger charge is -2.39. The Balaban J connectivity index is 0.000000616. The summed E-state index contributed by atoms with van der Waals surface area (Å²) in [6.07, 6.45) is -13.0. The van der Waals surface area contributed by atoms with Crippen molar-refractivity contribution in [3.63, 3.8) is 0 Å². The molecule has 1 unspecified atom stereocenters. The van der Waals surface area contributed by atoms with Crippen LogP contribution in [0.2, 0.25) is 0 Å². The summed E-state index contributed by atoms with van der Waals surface area (Å²) in [6, 6.07) is 6.50. The number of rotatable bonds is 6. The molecule has 2 aromatic carbocycles. The first kappa shape index (κ1) is 32.2. The highest BCUT2D eigenvalue weighted by Crippen LogP contribution is 2.45. The monoisotopic (exact) mass is 606 g/mol. The number of aromatic hydroxyl groups is 3. The summed E-state index contributed by atoms with van der Waals surface area (Å²) in [6.45, 7) is -0.661. The number of benzene rings is 2. The van der Waals surface area contributed by atoms with Crippen molar-refractivity contribution in [1.82, 2.24) is 0 Å². The van der Waals surface area contributed by atoms with Gasteiger partial charge in [-0.3, -0.25) is 0 Å². The fourth-order valence-electron chi connectivity index (χ4n) is 3.79. The van der Waals surface area contributed by atoms with Gasteiger partial charge in [-0.1, -0.05) is 0 Å². The van der Waals surface area contributed by atoms with Gasteiger partial charge in [-0.2, -0.15) is 13.2 Å². The molecule has 1 aliphatic rings. The van der Waals surface area contributed by atoms with E-state index in [1.165, 1.54) is 38.5 Å². The molecule has 14 nitrogen and oxygen atoms in total. The van der Waals surface area contributed by atoms with E-state index in [9.17, 15) is 48.9 Å². The molecule has 0 spiro atoms. The molecule has 1 aromatic heterocycles. The van der Waals surface area contributed by atoms with Crippen molar-refractivity contribution in [1.29, 1.82) is 0 Å². The smallest absolute Gasteiger partial charge is 0.430 e. The summed E-state index contributed by atoms with van der Waals surface area (Å²) < 4.78 is 59.1. The lowest BCUT2D eigenvalue weighted by atomic mass is 9.99. The maximum Gasteiger partial charge on any atom is 0.430 e. The first-order chi connectivity index (χ1) is 19.6. The van der Waals surface area contributed by atoms with Gasteiger partial charge in [0.1, 0.15) is 47.3 Å². The average molecular weight is 606 g/mol. The third kappa shape index (κ3) is 6.77. The number of alkyl halides is 3. The fraction of sp³-hybridized carbons (Fsp3) is 0.360. The number of methoxy groups -OCH3 is 2. The highest BCUT2D eigenvalue weighted by molar-refractivity contribution is 5.88. The number of carboxylic acid groups (broad SMARTS) is 1. The molecule has 3 aromatic rings. The summed E-state index contributed by atoms with van der Waals surface area (Å²) in [7, 11) is 2.66. The van der Waals surface area contributed by atoms with E-state index in [1.807, 2.05) is 0 Å². The molecule has 230 valence electrons. The number of carbonyl (C=O) groups is 1. The van der Waals surface area contributed by atoms with Gasteiger partial charge in [0.25, 0.3) is 0 Å². The standard InChI is InChI=1S/C23H24O12.C2HF3O2/c1-31-14-3-9(4-15(32-2)18(14)27)22-16(7-11-12(26)5-10(25)6-13(11)33-22)34-23-21(30)20(29)19(28)17(8-24)35-23;3-2(4,5)1(6)7/h3-7,17,19-21,23-24,28-30H,8H2,1-2H3,(H2-,25,26,27);(H,6,7)/t17-,19-,20+,21-,23?;/m1./s1. The second kappa shape index (κ2) is 12.7. The van der Waals surface area contributed by atoms with Gasteiger partial charge in [0.2, 0.25) is 17.8 Å². The number of phenolic OH excluding ortho intramolecular Hbond substituents is 3. The minimum atomic E-state index is -5.19. The largest absolute Gasteiger partial charge is 0.542 e. The van der Waals surface area contributed by atoms with Crippen molar-refractivity contribution in [3.8, 4) is 45.8 Å². The van der Waals surface area contributed by atoms with Crippen LogP contribution in [0.5, 0.6) is 34.5 Å². The van der Waals surface area contributed by atoms with Crippen molar-refractivity contribution in [3.05, 3.63) is 30.3 Å². The Bertz CT molecular complexity index is 1400. The summed E-state index contributed by atoms with van der Waals surface area (Å²) in [5.41, 5.74) is 0.325. The van der Waals surface area contributed by atoms with Gasteiger partial charge in [0.05, 0.1) is 32.5 Å². The summed E-state index contributed by atoms with van der Waals surface area (Å²) in [5.74, 6) is -3.94. The van der Waals surface area contributed by atoms with Crippen LogP contribution in [0.25, 0.3) is 22.3 Å². The van der Waals surface area contributed by atoms with Crippen molar-refractivity contribution >= 4 is 16.9 Å². The van der Waals surface area contributed by atoms with Crippen LogP contribution in [-0.2, 0) is 9.53 Å². The van der Waals surface area contributed by atoms with Crippen LogP contribution in [0.4, 0.5) is 13.2 Å². The van der Waals surface area contributed by atoms with E-state index in [4.69, 9.17) is 33.3 Å². The molecule has 1 aliphatic heterocycles. The van der Waals surface area contributed by atoms with Crippen LogP contribution in [-0.4, -0.2) is 99.4 Å². The normalized spacial score (nSPS) is 22.2. The first-order valence-corrected chi connectivity index (χ1v) is 11.7. The predicted octanol–water partition coefficient (Wildman–Crippen LogP) is -0.00780. The minimum absolute atomic E-state index is 0.0175. The van der Waals surface area contributed by atoms with E-state index in [2.05, 4.69) is 0 Å². The number of aliphatic carboxylic acids is 1. The quantitative estimate of drug-likeness (QED) is 0.183. The van der Waals surface area contributed by atoms with Crippen molar-refractivity contribution < 1.29 is 82.2 Å². The lowest BCUT2D eigenvalue weighted by molar-refractivity contribution is -0.344. The number of aliphatic hydroxyl groups is 4. The molecule has 42 heavy (non-hydrogen) atoms. The summed E-state index contributed by atoms with van der Waals surface area (Å²) in [4.78, 5) is 8.78. The predicted molar refractivity (Wildman–Crippen MR) is 130 cm³/mol. The maximum absolute atomic E-state index is 10.5. The number of halogens is 3. The Hall–Kier alpha value is -4.29. The van der Waals surface area contributed by atoms with Crippen LogP contribution in [0.15, 0.2) is 34.7 Å². The van der Waals surface area contributed by atoms with E-state index in [0.717, 1.165) is 6.07 Å². The van der Waals surface area contributed by atoms with Crippen LogP contribution in [0, 0.1) is 0 Å². The average Bonchev–Trinajstić information content (AvgIpc) is 2.93. The van der Waals surface area contributed by atoms with Gasteiger partial charge in [-0.25, -0.2) is 4.42 Å². The van der Waals surface area contributed by atoms with Gasteiger partial charge in [-0.05, 0) is 0 Å². The van der Waals surface area contributed by atoms with Gasteiger partial charge >= 0.3 is 17.5 Å². The van der Waals surface area contributed by atoms with Gasteiger partial charge in [0, 0.05) is 24.3 Å². The summed E-state index contributed by atoms with van der Waals surface area (Å²) >= 11 is 0. The van der Waals surface area contributed by atoms with E-state index in [1.54, 1.807) is 0 Å². The van der Waals surface area contributed by atoms with E-state index >= 15 is 0 Å². The Kier molecular flexibility index (Phi) is 9.75. The van der Waals surface area contributed by atoms with Crippen LogP contribution in [0.3, 0.4) is 0 Å². The fourth-order valence-corrected chi connectivity index (χ4v) is 3.79. The molecule has 4 rings (SSSR count). The maximum atomic E-state index is 10.5. The highest BCUT2D eigenvalue weighted by Gasteiger charge is 2.45. The number of ether oxygens (including phenoxy) is 4. The summed E-state index contributed by atoms with van der Waals surface area (Å²) in [5, 5.41) is 79.5. The van der Waals surface area contributed by atoms with Crippen LogP contribution < -0.4 is 19.3 Å². The van der Waals surface area contributed by atoms with Crippen LogP contribution >= 0.6 is 0 Å². The number of carboxylic acids is 1. The van der Waals surface area contributed by atoms with E-state index < -0.39 is 49.5 Å². The molecule has 7 N–H and O–H groups in total. The number of fused-ring (bicyclic) bond motifs is 1. The SMILES string of the molecule is COc1cc(-c2[o+]c3cc(O)cc(O)c3cc2OC2O[C@H](CO)[C@@H](O)[C@H](O)[C@H]2O)cc(OC)c1O.O=C([O-])C(F)(F)F. The molecule has 0 aliphatic carbocycles. The number of phenols is 3. The van der Waals surface area contributed by atoms with E-state index in [0.29, 0.717) is 0 Å². The minimum Gasteiger partial charge on any atom is -0.542 e. The van der Waals surface area contributed by atoms with Crippen molar-refractivity contribution in [2.24, 2.45) is 0 Å². The van der Waals surface area contributed by atoms with Gasteiger partial charge in [-0.15, -0.1) is 0 Å². The highest BCUT2D eigenvalue weighted by atomic mass is 19.4. The molecule has 2 heterocycles. The second-order valence-electron chi connectivity index (χ2n) is 8.65. The topological polar surface area (TPSA) is 230 Å². The Labute approximate surface area is 233 Å². The molecule has 1 saturated heterocycles. The molecule has 0 radical (unpaired) electrons. The molecule has 0 saturated carbocycles. The number of aliphatic hydroxyl groups excluding tert-OH is 4. The van der Waals surface area contributed by atoms with E-state index in [-0.39, 0.29) is 56.8 Å². The zero-order valence-corrected chi connectivity index (χ0v) is 21.6. The molecule has 5 atom stereocenters. The number of hydrogen-bond acceptors (Lipinski definition) is 13. The molecule has 17 heteroatoms. The zero-order valence-electron chi connectivity index (χ0n) is 21.6. The van der Waals surface area contributed by atoms with Gasteiger partial charge < -0.3 is 64.6 Å². The molecular weight excluding hydrogens is 581 g/mol. The van der Waals surface area contributed by atoms with Gasteiger partial charge in [0.15, 0.2) is 11.5 Å². The zero-order chi connectivity index (χ0) is 31.5. The molecule has 0 bridgehead atoms. The van der Waals surface area contributed by atoms with Crippen molar-refractivity contribution in [2.75, 3.05) is 20.8 Å². The number of hydrogen-bond donors (Lipinski definition) is 7. The van der Waals surface area contributed by atoms with Crippen molar-refractivity contribution in [2.45, 2.75) is 36.9 Å². The first-order valence-electron chi connectivity index (χ1n) is 11.7. The third-order valence-corrected chi connectivity index (χ3v) is 5.88. The van der Waals surface area contributed by atoms with Crippen LogP contribution in [0.1, 0.15) is 0 Å². The Morgan fingerprint density at radius 3 is 2.02 bits per heavy atom.